The largest absolute Gasteiger partial charge is 0.433 e. The first kappa shape index (κ1) is 13.8. The molecule has 0 radical (unpaired) electrons. The Balaban J connectivity index is 3.54. The van der Waals surface area contributed by atoms with E-state index in [4.69, 9.17) is 10.5 Å². The van der Waals surface area contributed by atoms with Crippen LogP contribution < -0.4 is 0 Å². The van der Waals surface area contributed by atoms with Crippen LogP contribution in [0, 0.1) is 22.7 Å². The van der Waals surface area contributed by atoms with E-state index in [0.29, 0.717) is 6.07 Å². The second-order valence-electron chi connectivity index (χ2n) is 3.18. The summed E-state index contributed by atoms with van der Waals surface area (Å²) >= 11 is 0. The van der Waals surface area contributed by atoms with E-state index in [1.807, 2.05) is 0 Å². The molecule has 0 bridgehead atoms. The van der Waals surface area contributed by atoms with E-state index in [0.717, 1.165) is 0 Å². The maximum Gasteiger partial charge on any atom is 0.433 e. The Morgan fingerprint density at radius 2 is 1.89 bits per heavy atom. The highest BCUT2D eigenvalue weighted by atomic mass is 19.4. The Morgan fingerprint density at radius 1 is 1.28 bits per heavy atom. The second kappa shape index (κ2) is 4.96. The van der Waals surface area contributed by atoms with Crippen molar-refractivity contribution in [3.63, 3.8) is 0 Å². The summed E-state index contributed by atoms with van der Waals surface area (Å²) in [6, 6.07) is 3.12. The van der Waals surface area contributed by atoms with Crippen LogP contribution in [0.15, 0.2) is 6.07 Å². The van der Waals surface area contributed by atoms with Gasteiger partial charge < -0.3 is 0 Å². The minimum absolute atomic E-state index is 0.502. The second-order valence-corrected chi connectivity index (χ2v) is 3.18. The van der Waals surface area contributed by atoms with Crippen molar-refractivity contribution in [3.05, 3.63) is 28.6 Å². The first-order chi connectivity index (χ1) is 8.31. The normalized spacial score (nSPS) is 11.1. The average molecular weight is 261 g/mol. The molecule has 0 fully saturated rings. The summed E-state index contributed by atoms with van der Waals surface area (Å²) in [7, 11) is 0. The van der Waals surface area contributed by atoms with Crippen LogP contribution in [0.5, 0.6) is 0 Å². The third kappa shape index (κ3) is 2.72. The summed E-state index contributed by atoms with van der Waals surface area (Å²) in [4.78, 5) is 2.89. The van der Waals surface area contributed by atoms with Crippen molar-refractivity contribution >= 4 is 0 Å². The van der Waals surface area contributed by atoms with Gasteiger partial charge in [-0.05, 0) is 11.6 Å². The summed E-state index contributed by atoms with van der Waals surface area (Å²) in [5.41, 5.74) is -4.04. The molecular weight excluding hydrogens is 257 g/mol. The van der Waals surface area contributed by atoms with Gasteiger partial charge in [0.1, 0.15) is 17.5 Å². The van der Waals surface area contributed by atoms with Gasteiger partial charge in [0.2, 0.25) is 0 Å². The summed E-state index contributed by atoms with van der Waals surface area (Å²) in [6.45, 7) is 0. The zero-order valence-corrected chi connectivity index (χ0v) is 8.59. The van der Waals surface area contributed by atoms with E-state index < -0.39 is 41.5 Å². The van der Waals surface area contributed by atoms with E-state index in [-0.39, 0.29) is 0 Å². The number of rotatable bonds is 2. The third-order valence-corrected chi connectivity index (χ3v) is 2.01. The molecule has 1 rings (SSSR count). The minimum atomic E-state index is -4.90. The molecule has 0 amide bonds. The quantitative estimate of drug-likeness (QED) is 0.769. The molecule has 0 saturated heterocycles. The highest BCUT2D eigenvalue weighted by molar-refractivity contribution is 5.40. The number of hydrogen-bond acceptors (Lipinski definition) is 3. The molecule has 1 aromatic heterocycles. The molecule has 0 aliphatic rings. The lowest BCUT2D eigenvalue weighted by Gasteiger charge is -2.12. The summed E-state index contributed by atoms with van der Waals surface area (Å²) in [6.07, 6.45) is -8.75. The highest BCUT2D eigenvalue weighted by Crippen LogP contribution is 2.33. The van der Waals surface area contributed by atoms with Gasteiger partial charge in [0.05, 0.1) is 18.1 Å². The van der Waals surface area contributed by atoms with Gasteiger partial charge in [0.25, 0.3) is 6.43 Å². The van der Waals surface area contributed by atoms with Gasteiger partial charge in [-0.25, -0.2) is 13.8 Å². The Labute approximate surface area is 98.1 Å². The predicted octanol–water partition coefficient (Wildman–Crippen LogP) is 2.98. The van der Waals surface area contributed by atoms with Crippen molar-refractivity contribution in [2.45, 2.75) is 19.0 Å². The number of alkyl halides is 5. The number of halogens is 5. The molecule has 0 aliphatic carbocycles. The van der Waals surface area contributed by atoms with E-state index in [9.17, 15) is 22.0 Å². The lowest BCUT2D eigenvalue weighted by atomic mass is 10.1. The van der Waals surface area contributed by atoms with Crippen LogP contribution in [-0.4, -0.2) is 4.98 Å². The molecule has 3 nitrogen and oxygen atoms in total. The lowest BCUT2D eigenvalue weighted by molar-refractivity contribution is -0.141. The molecule has 94 valence electrons. The maximum absolute atomic E-state index is 12.6. The maximum atomic E-state index is 12.6. The SMILES string of the molecule is N#CCc1cc(C(F)F)c(C#N)nc1C(F)(F)F. The average Bonchev–Trinajstić information content (AvgIpc) is 2.27. The van der Waals surface area contributed by atoms with Crippen molar-refractivity contribution < 1.29 is 22.0 Å². The number of nitriles is 2. The Kier molecular flexibility index (Phi) is 3.82. The number of aromatic nitrogens is 1. The van der Waals surface area contributed by atoms with Crippen LogP contribution >= 0.6 is 0 Å². The van der Waals surface area contributed by atoms with Crippen molar-refractivity contribution in [1.29, 1.82) is 10.5 Å². The first-order valence-electron chi connectivity index (χ1n) is 4.47. The number of hydrogen-bond donors (Lipinski definition) is 0. The molecule has 0 N–H and O–H groups in total. The molecule has 18 heavy (non-hydrogen) atoms. The Morgan fingerprint density at radius 3 is 2.28 bits per heavy atom. The zero-order valence-electron chi connectivity index (χ0n) is 8.59. The molecular formula is C10H4F5N3. The molecule has 0 spiro atoms. The minimum Gasteiger partial charge on any atom is -0.232 e. The van der Waals surface area contributed by atoms with Crippen LogP contribution in [-0.2, 0) is 12.6 Å². The first-order valence-corrected chi connectivity index (χ1v) is 4.47. The number of pyridine rings is 1. The lowest BCUT2D eigenvalue weighted by Crippen LogP contribution is -2.14. The molecule has 0 aliphatic heterocycles. The zero-order chi connectivity index (χ0) is 13.9. The van der Waals surface area contributed by atoms with Gasteiger partial charge in [0, 0.05) is 0 Å². The van der Waals surface area contributed by atoms with Gasteiger partial charge in [-0.3, -0.25) is 0 Å². The smallest absolute Gasteiger partial charge is 0.232 e. The van der Waals surface area contributed by atoms with Crippen LogP contribution in [0.3, 0.4) is 0 Å². The number of nitrogens with zero attached hydrogens (tertiary/aromatic N) is 3. The summed E-state index contributed by atoms with van der Waals surface area (Å²) < 4.78 is 62.7. The Hall–Kier alpha value is -2.22. The molecule has 1 aromatic rings. The van der Waals surface area contributed by atoms with E-state index in [1.165, 1.54) is 12.1 Å². The fourth-order valence-electron chi connectivity index (χ4n) is 1.29. The highest BCUT2D eigenvalue weighted by Gasteiger charge is 2.37. The molecule has 0 atom stereocenters. The van der Waals surface area contributed by atoms with Gasteiger partial charge in [-0.2, -0.15) is 23.7 Å². The van der Waals surface area contributed by atoms with E-state index >= 15 is 0 Å². The standard InChI is InChI=1S/C10H4F5N3/c11-9(12)6-3-5(1-2-16)8(10(13,14)15)18-7(6)4-17/h3,9H,1H2. The van der Waals surface area contributed by atoms with Crippen LogP contribution in [0.2, 0.25) is 0 Å². The molecule has 1 heterocycles. The fraction of sp³-hybridized carbons (Fsp3) is 0.300. The van der Waals surface area contributed by atoms with Crippen molar-refractivity contribution in [2.75, 3.05) is 0 Å². The molecule has 0 saturated carbocycles. The van der Waals surface area contributed by atoms with E-state index in [2.05, 4.69) is 4.98 Å². The molecule has 8 heteroatoms. The van der Waals surface area contributed by atoms with Gasteiger partial charge in [-0.15, -0.1) is 0 Å². The molecule has 0 aromatic carbocycles. The molecule has 0 unspecified atom stereocenters. The monoisotopic (exact) mass is 261 g/mol. The van der Waals surface area contributed by atoms with Crippen LogP contribution in [0.25, 0.3) is 0 Å². The van der Waals surface area contributed by atoms with Crippen molar-refractivity contribution in [2.24, 2.45) is 0 Å². The van der Waals surface area contributed by atoms with Gasteiger partial charge in [-0.1, -0.05) is 0 Å². The van der Waals surface area contributed by atoms with Gasteiger partial charge >= 0.3 is 6.18 Å². The topological polar surface area (TPSA) is 60.5 Å². The Bertz CT molecular complexity index is 536. The summed E-state index contributed by atoms with van der Waals surface area (Å²) in [5, 5.41) is 16.9. The third-order valence-electron chi connectivity index (χ3n) is 2.01. The van der Waals surface area contributed by atoms with Crippen molar-refractivity contribution in [1.82, 2.24) is 4.98 Å². The van der Waals surface area contributed by atoms with Crippen LogP contribution in [0.4, 0.5) is 22.0 Å². The van der Waals surface area contributed by atoms with E-state index in [1.54, 1.807) is 0 Å². The fourth-order valence-corrected chi connectivity index (χ4v) is 1.29. The predicted molar refractivity (Wildman–Crippen MR) is 48.2 cm³/mol. The van der Waals surface area contributed by atoms with Gasteiger partial charge in [0.15, 0.2) is 0 Å². The summed E-state index contributed by atoms with van der Waals surface area (Å²) in [5.74, 6) is 0. The van der Waals surface area contributed by atoms with Crippen LogP contribution in [0.1, 0.15) is 28.9 Å². The van der Waals surface area contributed by atoms with Crippen molar-refractivity contribution in [3.8, 4) is 12.1 Å².